The Balaban J connectivity index is 2.05. The van der Waals surface area contributed by atoms with Crippen molar-refractivity contribution in [2.45, 2.75) is 19.3 Å². The third-order valence-electron chi connectivity index (χ3n) is 3.55. The second-order valence-corrected chi connectivity index (χ2v) is 5.38. The fraction of sp³-hybridized carbons (Fsp3) is 0.333. The van der Waals surface area contributed by atoms with Gasteiger partial charge in [0, 0.05) is 26.7 Å². The summed E-state index contributed by atoms with van der Waals surface area (Å²) in [5.74, 6) is 0. The van der Waals surface area contributed by atoms with Gasteiger partial charge in [0.2, 0.25) is 0 Å². The van der Waals surface area contributed by atoms with E-state index in [4.69, 9.17) is 4.74 Å². The zero-order chi connectivity index (χ0) is 16.7. The van der Waals surface area contributed by atoms with Gasteiger partial charge in [-0.3, -0.25) is 4.90 Å². The van der Waals surface area contributed by atoms with Crippen molar-refractivity contribution < 1.29 is 17.9 Å². The third-order valence-corrected chi connectivity index (χ3v) is 3.55. The zero-order valence-electron chi connectivity index (χ0n) is 13.0. The molecule has 0 saturated carbocycles. The largest absolute Gasteiger partial charge is 0.416 e. The second kappa shape index (κ2) is 8.13. The van der Waals surface area contributed by atoms with Crippen molar-refractivity contribution in [3.05, 3.63) is 71.3 Å². The van der Waals surface area contributed by atoms with Gasteiger partial charge in [-0.25, -0.2) is 0 Å². The van der Waals surface area contributed by atoms with Crippen LogP contribution in [-0.4, -0.2) is 25.2 Å². The molecule has 0 aliphatic rings. The van der Waals surface area contributed by atoms with E-state index in [0.717, 1.165) is 29.8 Å². The van der Waals surface area contributed by atoms with Gasteiger partial charge in [-0.2, -0.15) is 13.2 Å². The Morgan fingerprint density at radius 3 is 1.96 bits per heavy atom. The fourth-order valence-corrected chi connectivity index (χ4v) is 2.33. The van der Waals surface area contributed by atoms with Crippen LogP contribution in [0.3, 0.4) is 0 Å². The van der Waals surface area contributed by atoms with E-state index in [-0.39, 0.29) is 0 Å². The first-order valence-corrected chi connectivity index (χ1v) is 7.40. The molecule has 2 rings (SSSR count). The van der Waals surface area contributed by atoms with Crippen LogP contribution in [0.5, 0.6) is 0 Å². The van der Waals surface area contributed by atoms with E-state index >= 15 is 0 Å². The molecule has 0 radical (unpaired) electrons. The molecule has 5 heteroatoms. The molecule has 2 aromatic carbocycles. The lowest BCUT2D eigenvalue weighted by Gasteiger charge is -2.22. The third kappa shape index (κ3) is 5.69. The summed E-state index contributed by atoms with van der Waals surface area (Å²) < 4.78 is 42.9. The zero-order valence-corrected chi connectivity index (χ0v) is 13.0. The summed E-state index contributed by atoms with van der Waals surface area (Å²) >= 11 is 0. The van der Waals surface area contributed by atoms with Crippen LogP contribution >= 0.6 is 0 Å². The lowest BCUT2D eigenvalue weighted by atomic mass is 10.1. The van der Waals surface area contributed by atoms with Crippen LogP contribution < -0.4 is 0 Å². The van der Waals surface area contributed by atoms with E-state index in [1.54, 1.807) is 7.11 Å². The van der Waals surface area contributed by atoms with Crippen molar-refractivity contribution in [2.75, 3.05) is 20.3 Å². The summed E-state index contributed by atoms with van der Waals surface area (Å²) in [6.07, 6.45) is -4.29. The Labute approximate surface area is 134 Å². The van der Waals surface area contributed by atoms with Crippen molar-refractivity contribution >= 4 is 0 Å². The first-order chi connectivity index (χ1) is 11.0. The molecule has 0 aliphatic carbocycles. The quantitative estimate of drug-likeness (QED) is 0.751. The highest BCUT2D eigenvalue weighted by Gasteiger charge is 2.29. The van der Waals surface area contributed by atoms with E-state index in [1.165, 1.54) is 12.1 Å². The minimum absolute atomic E-state index is 0.577. The number of hydrogen-bond donors (Lipinski definition) is 0. The number of methoxy groups -OCH3 is 1. The predicted octanol–water partition coefficient (Wildman–Crippen LogP) is 4.35. The van der Waals surface area contributed by atoms with E-state index < -0.39 is 11.7 Å². The molecule has 0 spiro atoms. The monoisotopic (exact) mass is 323 g/mol. The van der Waals surface area contributed by atoms with Gasteiger partial charge in [0.15, 0.2) is 0 Å². The topological polar surface area (TPSA) is 12.5 Å². The summed E-state index contributed by atoms with van der Waals surface area (Å²) in [7, 11) is 1.64. The highest BCUT2D eigenvalue weighted by atomic mass is 19.4. The Morgan fingerprint density at radius 2 is 1.43 bits per heavy atom. The van der Waals surface area contributed by atoms with E-state index in [2.05, 4.69) is 4.90 Å². The molecular formula is C18H20F3NO. The van der Waals surface area contributed by atoms with Crippen LogP contribution in [0.4, 0.5) is 13.2 Å². The average molecular weight is 323 g/mol. The van der Waals surface area contributed by atoms with Gasteiger partial charge in [0.1, 0.15) is 0 Å². The molecule has 2 aromatic rings. The van der Waals surface area contributed by atoms with Crippen LogP contribution in [0.1, 0.15) is 16.7 Å². The van der Waals surface area contributed by atoms with Gasteiger partial charge in [0.25, 0.3) is 0 Å². The smallest absolute Gasteiger partial charge is 0.383 e. The van der Waals surface area contributed by atoms with Gasteiger partial charge in [0.05, 0.1) is 12.2 Å². The van der Waals surface area contributed by atoms with Crippen LogP contribution in [0.25, 0.3) is 0 Å². The first kappa shape index (κ1) is 17.5. The lowest BCUT2D eigenvalue weighted by molar-refractivity contribution is -0.137. The molecule has 0 bridgehead atoms. The van der Waals surface area contributed by atoms with Crippen LogP contribution in [-0.2, 0) is 24.0 Å². The maximum atomic E-state index is 12.6. The van der Waals surface area contributed by atoms with E-state index in [9.17, 15) is 13.2 Å². The van der Waals surface area contributed by atoms with Gasteiger partial charge in [-0.05, 0) is 23.3 Å². The summed E-state index contributed by atoms with van der Waals surface area (Å²) in [4.78, 5) is 2.15. The Bertz CT molecular complexity index is 581. The van der Waals surface area contributed by atoms with Crippen LogP contribution in [0.2, 0.25) is 0 Å². The van der Waals surface area contributed by atoms with Crippen molar-refractivity contribution in [3.8, 4) is 0 Å². The minimum atomic E-state index is -4.29. The molecule has 0 saturated heterocycles. The number of hydrogen-bond acceptors (Lipinski definition) is 2. The summed E-state index contributed by atoms with van der Waals surface area (Å²) in [6, 6.07) is 15.3. The number of alkyl halides is 3. The molecule has 0 N–H and O–H groups in total. The van der Waals surface area contributed by atoms with E-state index in [1.807, 2.05) is 30.3 Å². The number of ether oxygens (including phenoxy) is 1. The van der Waals surface area contributed by atoms with Gasteiger partial charge in [-0.15, -0.1) is 0 Å². The molecule has 0 heterocycles. The molecule has 0 amide bonds. The number of rotatable bonds is 7. The molecule has 0 unspecified atom stereocenters. The summed E-state index contributed by atoms with van der Waals surface area (Å²) in [6.45, 7) is 2.60. The first-order valence-electron chi connectivity index (χ1n) is 7.40. The molecule has 0 aliphatic heterocycles. The number of nitrogens with zero attached hydrogens (tertiary/aromatic N) is 1. The maximum absolute atomic E-state index is 12.6. The normalized spacial score (nSPS) is 11.9. The average Bonchev–Trinajstić information content (AvgIpc) is 2.53. The van der Waals surface area contributed by atoms with Crippen molar-refractivity contribution in [1.82, 2.24) is 4.90 Å². The molecule has 0 atom stereocenters. The van der Waals surface area contributed by atoms with Crippen molar-refractivity contribution in [2.24, 2.45) is 0 Å². The Morgan fingerprint density at radius 1 is 0.870 bits per heavy atom. The highest BCUT2D eigenvalue weighted by molar-refractivity contribution is 5.24. The molecular weight excluding hydrogens is 303 g/mol. The fourth-order valence-electron chi connectivity index (χ4n) is 2.33. The molecule has 23 heavy (non-hydrogen) atoms. The van der Waals surface area contributed by atoms with Crippen LogP contribution in [0, 0.1) is 0 Å². The number of benzene rings is 2. The Kier molecular flexibility index (Phi) is 6.19. The lowest BCUT2D eigenvalue weighted by Crippen LogP contribution is -2.26. The standard InChI is InChI=1S/C18H20F3NO/c1-23-12-11-22(13-15-5-3-2-4-6-15)14-16-7-9-17(10-8-16)18(19,20)21/h2-10H,11-14H2,1H3. The van der Waals surface area contributed by atoms with Crippen molar-refractivity contribution in [1.29, 1.82) is 0 Å². The molecule has 0 aromatic heterocycles. The summed E-state index contributed by atoms with van der Waals surface area (Å²) in [5.41, 5.74) is 1.40. The summed E-state index contributed by atoms with van der Waals surface area (Å²) in [5, 5.41) is 0. The molecule has 2 nitrogen and oxygen atoms in total. The SMILES string of the molecule is COCCN(Cc1ccccc1)Cc1ccc(C(F)(F)F)cc1. The molecule has 0 fully saturated rings. The van der Waals surface area contributed by atoms with Gasteiger partial charge < -0.3 is 4.74 Å². The van der Waals surface area contributed by atoms with Gasteiger partial charge in [-0.1, -0.05) is 42.5 Å². The molecule has 124 valence electrons. The van der Waals surface area contributed by atoms with E-state index in [0.29, 0.717) is 19.7 Å². The number of halogens is 3. The van der Waals surface area contributed by atoms with Crippen molar-refractivity contribution in [3.63, 3.8) is 0 Å². The Hall–Kier alpha value is -1.85. The van der Waals surface area contributed by atoms with Crippen LogP contribution in [0.15, 0.2) is 54.6 Å². The maximum Gasteiger partial charge on any atom is 0.416 e. The highest BCUT2D eigenvalue weighted by Crippen LogP contribution is 2.29. The predicted molar refractivity (Wildman–Crippen MR) is 83.9 cm³/mol. The second-order valence-electron chi connectivity index (χ2n) is 5.38. The van der Waals surface area contributed by atoms with Gasteiger partial charge >= 0.3 is 6.18 Å². The minimum Gasteiger partial charge on any atom is -0.383 e.